The summed E-state index contributed by atoms with van der Waals surface area (Å²) in [6.45, 7) is 0. The highest BCUT2D eigenvalue weighted by atomic mass is 15.3. The number of hydrogen-bond donors (Lipinski definition) is 3. The Hall–Kier alpha value is -2.94. The third kappa shape index (κ3) is 4.03. The molecular formula is C19H19N3. The van der Waals surface area contributed by atoms with E-state index in [0.717, 1.165) is 17.1 Å². The molecule has 0 saturated heterocycles. The van der Waals surface area contributed by atoms with Crippen LogP contribution in [0.15, 0.2) is 91.0 Å². The van der Waals surface area contributed by atoms with E-state index in [1.165, 1.54) is 0 Å². The molecule has 3 aromatic carbocycles. The Labute approximate surface area is 131 Å². The standard InChI is InChI=1S/C19H19N3/c1-4-10-16(11-5-1)20-19(21-17-12-6-2-7-13-17)22-18-14-8-3-9-15-18/h1-15,19-22H. The lowest BCUT2D eigenvalue weighted by molar-refractivity contribution is 0.932. The highest BCUT2D eigenvalue weighted by Gasteiger charge is 2.07. The number of benzene rings is 3. The molecule has 0 aromatic heterocycles. The summed E-state index contributed by atoms with van der Waals surface area (Å²) in [5.74, 6) is 0. The molecule has 0 aliphatic carbocycles. The average molecular weight is 289 g/mol. The summed E-state index contributed by atoms with van der Waals surface area (Å²) < 4.78 is 0. The van der Waals surface area contributed by atoms with Gasteiger partial charge in [-0.15, -0.1) is 0 Å². The van der Waals surface area contributed by atoms with Crippen molar-refractivity contribution in [3.63, 3.8) is 0 Å². The van der Waals surface area contributed by atoms with Crippen molar-refractivity contribution in [2.75, 3.05) is 16.0 Å². The Kier molecular flexibility index (Phi) is 4.57. The quantitative estimate of drug-likeness (QED) is 0.580. The second-order valence-electron chi connectivity index (χ2n) is 4.96. The van der Waals surface area contributed by atoms with Crippen molar-refractivity contribution in [2.24, 2.45) is 0 Å². The largest absolute Gasteiger partial charge is 0.348 e. The molecule has 0 bridgehead atoms. The van der Waals surface area contributed by atoms with Gasteiger partial charge in [0.05, 0.1) is 0 Å². The van der Waals surface area contributed by atoms with Crippen molar-refractivity contribution in [1.82, 2.24) is 0 Å². The van der Waals surface area contributed by atoms with Crippen molar-refractivity contribution in [3.05, 3.63) is 91.0 Å². The van der Waals surface area contributed by atoms with E-state index in [-0.39, 0.29) is 6.29 Å². The SMILES string of the molecule is c1ccc(NC(Nc2ccccc2)Nc2ccccc2)cc1. The molecule has 3 nitrogen and oxygen atoms in total. The fourth-order valence-corrected chi connectivity index (χ4v) is 2.21. The Bertz CT molecular complexity index is 570. The monoisotopic (exact) mass is 289 g/mol. The fourth-order valence-electron chi connectivity index (χ4n) is 2.21. The van der Waals surface area contributed by atoms with Crippen LogP contribution < -0.4 is 16.0 Å². The summed E-state index contributed by atoms with van der Waals surface area (Å²) in [6.07, 6.45) is -0.118. The Morgan fingerprint density at radius 2 is 0.682 bits per heavy atom. The van der Waals surface area contributed by atoms with Gasteiger partial charge in [-0.05, 0) is 36.4 Å². The number of nitrogens with one attached hydrogen (secondary N) is 3. The topological polar surface area (TPSA) is 36.1 Å². The zero-order valence-corrected chi connectivity index (χ0v) is 12.2. The van der Waals surface area contributed by atoms with Gasteiger partial charge in [0.2, 0.25) is 0 Å². The molecule has 3 aromatic rings. The molecule has 3 heteroatoms. The first-order valence-corrected chi connectivity index (χ1v) is 7.35. The van der Waals surface area contributed by atoms with Gasteiger partial charge >= 0.3 is 0 Å². The van der Waals surface area contributed by atoms with Crippen molar-refractivity contribution < 1.29 is 0 Å². The van der Waals surface area contributed by atoms with Crippen LogP contribution in [0, 0.1) is 0 Å². The lowest BCUT2D eigenvalue weighted by Gasteiger charge is -2.24. The molecule has 110 valence electrons. The molecule has 0 aliphatic heterocycles. The summed E-state index contributed by atoms with van der Waals surface area (Å²) in [6, 6.07) is 30.4. The van der Waals surface area contributed by atoms with Crippen LogP contribution in [0.1, 0.15) is 0 Å². The molecule has 0 heterocycles. The minimum atomic E-state index is -0.118. The molecule has 0 aliphatic rings. The zero-order chi connectivity index (χ0) is 15.0. The predicted octanol–water partition coefficient (Wildman–Crippen LogP) is 4.61. The number of anilines is 3. The molecule has 0 spiro atoms. The van der Waals surface area contributed by atoms with E-state index in [0.29, 0.717) is 0 Å². The van der Waals surface area contributed by atoms with E-state index < -0.39 is 0 Å². The predicted molar refractivity (Wildman–Crippen MR) is 94.0 cm³/mol. The van der Waals surface area contributed by atoms with Gasteiger partial charge in [-0.2, -0.15) is 0 Å². The first kappa shape index (κ1) is 14.0. The minimum Gasteiger partial charge on any atom is -0.348 e. The third-order valence-corrected chi connectivity index (χ3v) is 3.25. The van der Waals surface area contributed by atoms with Crippen LogP contribution >= 0.6 is 0 Å². The van der Waals surface area contributed by atoms with Crippen molar-refractivity contribution in [1.29, 1.82) is 0 Å². The number of para-hydroxylation sites is 3. The molecular weight excluding hydrogens is 270 g/mol. The van der Waals surface area contributed by atoms with E-state index >= 15 is 0 Å². The molecule has 0 atom stereocenters. The minimum absolute atomic E-state index is 0.118. The lowest BCUT2D eigenvalue weighted by atomic mass is 10.3. The second kappa shape index (κ2) is 7.18. The summed E-state index contributed by atoms with van der Waals surface area (Å²) in [7, 11) is 0. The maximum absolute atomic E-state index is 3.45. The molecule has 0 unspecified atom stereocenters. The summed E-state index contributed by atoms with van der Waals surface area (Å²) in [5, 5.41) is 10.4. The van der Waals surface area contributed by atoms with Crippen LogP contribution in [0.5, 0.6) is 0 Å². The van der Waals surface area contributed by atoms with Gasteiger partial charge in [-0.1, -0.05) is 54.6 Å². The molecule has 3 N–H and O–H groups in total. The van der Waals surface area contributed by atoms with Crippen LogP contribution in [-0.4, -0.2) is 6.29 Å². The number of rotatable bonds is 6. The van der Waals surface area contributed by atoms with Gasteiger partial charge in [0.15, 0.2) is 6.29 Å². The van der Waals surface area contributed by atoms with Crippen LogP contribution in [0.25, 0.3) is 0 Å². The van der Waals surface area contributed by atoms with E-state index in [1.807, 2.05) is 91.0 Å². The molecule has 3 rings (SSSR count). The van der Waals surface area contributed by atoms with Crippen LogP contribution in [0.2, 0.25) is 0 Å². The molecule has 0 amide bonds. The molecule has 0 fully saturated rings. The van der Waals surface area contributed by atoms with E-state index in [9.17, 15) is 0 Å². The van der Waals surface area contributed by atoms with E-state index in [4.69, 9.17) is 0 Å². The highest BCUT2D eigenvalue weighted by molar-refractivity contribution is 5.54. The molecule has 0 saturated carbocycles. The smallest absolute Gasteiger partial charge is 0.173 e. The second-order valence-corrected chi connectivity index (χ2v) is 4.96. The first-order valence-electron chi connectivity index (χ1n) is 7.35. The highest BCUT2D eigenvalue weighted by Crippen LogP contribution is 2.14. The Morgan fingerprint density at radius 1 is 0.409 bits per heavy atom. The van der Waals surface area contributed by atoms with Gasteiger partial charge in [0.25, 0.3) is 0 Å². The van der Waals surface area contributed by atoms with E-state index in [2.05, 4.69) is 16.0 Å². The normalized spacial score (nSPS) is 10.2. The summed E-state index contributed by atoms with van der Waals surface area (Å²) in [4.78, 5) is 0. The lowest BCUT2D eigenvalue weighted by Crippen LogP contribution is -2.36. The van der Waals surface area contributed by atoms with Gasteiger partial charge in [0.1, 0.15) is 0 Å². The molecule has 0 radical (unpaired) electrons. The summed E-state index contributed by atoms with van der Waals surface area (Å²) in [5.41, 5.74) is 3.16. The summed E-state index contributed by atoms with van der Waals surface area (Å²) >= 11 is 0. The van der Waals surface area contributed by atoms with Crippen LogP contribution in [0.3, 0.4) is 0 Å². The first-order chi connectivity index (χ1) is 10.9. The number of hydrogen-bond acceptors (Lipinski definition) is 3. The van der Waals surface area contributed by atoms with Crippen molar-refractivity contribution in [3.8, 4) is 0 Å². The van der Waals surface area contributed by atoms with Gasteiger partial charge < -0.3 is 16.0 Å². The Morgan fingerprint density at radius 3 is 0.955 bits per heavy atom. The van der Waals surface area contributed by atoms with Gasteiger partial charge in [-0.25, -0.2) is 0 Å². The van der Waals surface area contributed by atoms with Crippen molar-refractivity contribution >= 4 is 17.1 Å². The van der Waals surface area contributed by atoms with E-state index in [1.54, 1.807) is 0 Å². The zero-order valence-electron chi connectivity index (χ0n) is 12.2. The molecule has 22 heavy (non-hydrogen) atoms. The van der Waals surface area contributed by atoms with Crippen molar-refractivity contribution in [2.45, 2.75) is 6.29 Å². The maximum atomic E-state index is 3.45. The maximum Gasteiger partial charge on any atom is 0.173 e. The fraction of sp³-hybridized carbons (Fsp3) is 0.0526. The van der Waals surface area contributed by atoms with Crippen LogP contribution in [-0.2, 0) is 0 Å². The average Bonchev–Trinajstić information content (AvgIpc) is 2.57. The van der Waals surface area contributed by atoms with Crippen LogP contribution in [0.4, 0.5) is 17.1 Å². The van der Waals surface area contributed by atoms with Gasteiger partial charge in [0, 0.05) is 17.1 Å². The van der Waals surface area contributed by atoms with Gasteiger partial charge in [-0.3, -0.25) is 0 Å². The third-order valence-electron chi connectivity index (χ3n) is 3.25. The Balaban J connectivity index is 1.75.